The molecule has 0 aliphatic carbocycles. The maximum Gasteiger partial charge on any atom is 0.254 e. The molecule has 4 heterocycles. The van der Waals surface area contributed by atoms with Gasteiger partial charge in [0.15, 0.2) is 5.82 Å². The van der Waals surface area contributed by atoms with Gasteiger partial charge in [0.2, 0.25) is 5.95 Å². The van der Waals surface area contributed by atoms with Gasteiger partial charge in [-0.15, -0.1) is 0 Å². The average molecular weight is 493 g/mol. The second-order valence-electron chi connectivity index (χ2n) is 9.78. The number of piperazine rings is 1. The summed E-state index contributed by atoms with van der Waals surface area (Å²) in [5.41, 5.74) is 7.03. The number of ether oxygens (including phenoxy) is 1. The van der Waals surface area contributed by atoms with E-state index in [-0.39, 0.29) is 11.9 Å². The van der Waals surface area contributed by atoms with Gasteiger partial charge in [0.05, 0.1) is 24.3 Å². The number of hydrogen-bond donors (Lipinski definition) is 2. The molecule has 1 aromatic carbocycles. The molecule has 3 N–H and O–H groups in total. The number of carbonyl (C=O) groups excluding carboxylic acids is 1. The minimum Gasteiger partial charge on any atom is -0.381 e. The molecule has 36 heavy (non-hydrogen) atoms. The standard InChI is InChI=1S/C25H32N8O3/c1-25(2,35)23(34)33-7-5-31(6-8-33)16-17-3-4-19-20(13-17)29-21(18-14-27-24(26)28-15-18)30-22(19)32-9-11-36-12-10-32/h3-4,13-15,35H,5-12,16H2,1-2H3,(H2,26,27,28). The number of nitrogen functional groups attached to an aromatic ring is 1. The Morgan fingerprint density at radius 3 is 2.42 bits per heavy atom. The largest absolute Gasteiger partial charge is 0.381 e. The fourth-order valence-corrected chi connectivity index (χ4v) is 4.61. The van der Waals surface area contributed by atoms with Gasteiger partial charge in [-0.05, 0) is 31.5 Å². The second-order valence-corrected chi connectivity index (χ2v) is 9.78. The molecule has 2 aromatic heterocycles. The summed E-state index contributed by atoms with van der Waals surface area (Å²) in [5.74, 6) is 1.42. The summed E-state index contributed by atoms with van der Waals surface area (Å²) < 4.78 is 5.54. The third-order valence-corrected chi connectivity index (χ3v) is 6.57. The molecule has 0 bridgehead atoms. The SMILES string of the molecule is CC(C)(O)C(=O)N1CCN(Cc2ccc3c(N4CCOCC4)nc(-c4cnc(N)nc4)nc3c2)CC1. The number of hydrogen-bond acceptors (Lipinski definition) is 10. The van der Waals surface area contributed by atoms with Gasteiger partial charge >= 0.3 is 0 Å². The van der Waals surface area contributed by atoms with E-state index in [0.717, 1.165) is 55.0 Å². The van der Waals surface area contributed by atoms with E-state index in [1.54, 1.807) is 17.3 Å². The molecule has 5 rings (SSSR count). The molecular formula is C25H32N8O3. The van der Waals surface area contributed by atoms with Gasteiger partial charge in [0.1, 0.15) is 11.4 Å². The van der Waals surface area contributed by atoms with Crippen LogP contribution in [0.2, 0.25) is 0 Å². The number of benzene rings is 1. The van der Waals surface area contributed by atoms with Crippen molar-refractivity contribution in [2.75, 3.05) is 63.1 Å². The summed E-state index contributed by atoms with van der Waals surface area (Å²) in [6, 6.07) is 6.32. The molecule has 11 heteroatoms. The van der Waals surface area contributed by atoms with Crippen molar-refractivity contribution >= 4 is 28.6 Å². The highest BCUT2D eigenvalue weighted by Crippen LogP contribution is 2.29. The number of amides is 1. The molecule has 2 aliphatic heterocycles. The summed E-state index contributed by atoms with van der Waals surface area (Å²) in [6.45, 7) is 9.35. The van der Waals surface area contributed by atoms with Crippen molar-refractivity contribution in [2.45, 2.75) is 26.0 Å². The van der Waals surface area contributed by atoms with E-state index in [1.165, 1.54) is 13.8 Å². The van der Waals surface area contributed by atoms with Crippen LogP contribution in [0.1, 0.15) is 19.4 Å². The van der Waals surface area contributed by atoms with Crippen molar-refractivity contribution < 1.29 is 14.6 Å². The lowest BCUT2D eigenvalue weighted by molar-refractivity contribution is -0.149. The molecule has 0 radical (unpaired) electrons. The molecule has 190 valence electrons. The van der Waals surface area contributed by atoms with Crippen LogP contribution in [-0.4, -0.2) is 98.8 Å². The maximum atomic E-state index is 12.4. The molecule has 2 aliphatic rings. The Labute approximate surface area is 209 Å². The first-order valence-corrected chi connectivity index (χ1v) is 12.2. The predicted octanol–water partition coefficient (Wildman–Crippen LogP) is 0.921. The third kappa shape index (κ3) is 5.23. The van der Waals surface area contributed by atoms with Crippen LogP contribution in [0.25, 0.3) is 22.3 Å². The van der Waals surface area contributed by atoms with Crippen molar-refractivity contribution in [2.24, 2.45) is 0 Å². The lowest BCUT2D eigenvalue weighted by atomic mass is 10.1. The number of morpholine rings is 1. The van der Waals surface area contributed by atoms with Gasteiger partial charge in [0.25, 0.3) is 5.91 Å². The highest BCUT2D eigenvalue weighted by molar-refractivity contribution is 5.91. The average Bonchev–Trinajstić information content (AvgIpc) is 2.88. The molecular weight excluding hydrogens is 460 g/mol. The number of aromatic nitrogens is 4. The van der Waals surface area contributed by atoms with Crippen LogP contribution in [0.3, 0.4) is 0 Å². The Morgan fingerprint density at radius 2 is 1.75 bits per heavy atom. The van der Waals surface area contributed by atoms with Crippen LogP contribution >= 0.6 is 0 Å². The summed E-state index contributed by atoms with van der Waals surface area (Å²) >= 11 is 0. The molecule has 0 unspecified atom stereocenters. The molecule has 2 fully saturated rings. The number of nitrogens with two attached hydrogens (primary N) is 1. The van der Waals surface area contributed by atoms with Crippen LogP contribution in [0.4, 0.5) is 11.8 Å². The van der Waals surface area contributed by atoms with Crippen molar-refractivity contribution in [3.63, 3.8) is 0 Å². The number of anilines is 2. The van der Waals surface area contributed by atoms with Gasteiger partial charge in [-0.1, -0.05) is 6.07 Å². The Morgan fingerprint density at radius 1 is 1.06 bits per heavy atom. The van der Waals surface area contributed by atoms with E-state index in [9.17, 15) is 9.90 Å². The molecule has 0 atom stereocenters. The number of carbonyl (C=O) groups is 1. The van der Waals surface area contributed by atoms with Gasteiger partial charge in [-0.2, -0.15) is 0 Å². The molecule has 0 saturated carbocycles. The van der Waals surface area contributed by atoms with Gasteiger partial charge in [-0.25, -0.2) is 19.9 Å². The lowest BCUT2D eigenvalue weighted by Crippen LogP contribution is -2.53. The Hall–Kier alpha value is -3.41. The first-order chi connectivity index (χ1) is 17.3. The normalized spacial score (nSPS) is 17.5. The summed E-state index contributed by atoms with van der Waals surface area (Å²) in [4.78, 5) is 36.6. The highest BCUT2D eigenvalue weighted by atomic mass is 16.5. The lowest BCUT2D eigenvalue weighted by Gasteiger charge is -2.37. The van der Waals surface area contributed by atoms with E-state index >= 15 is 0 Å². The zero-order valence-electron chi connectivity index (χ0n) is 20.7. The van der Waals surface area contributed by atoms with Gasteiger partial charge in [-0.3, -0.25) is 9.69 Å². The number of rotatable bonds is 5. The Balaban J connectivity index is 1.40. The van der Waals surface area contributed by atoms with E-state index in [1.807, 2.05) is 0 Å². The van der Waals surface area contributed by atoms with Crippen LogP contribution in [0.15, 0.2) is 30.6 Å². The third-order valence-electron chi connectivity index (χ3n) is 6.57. The molecule has 11 nitrogen and oxygen atoms in total. The number of aliphatic hydroxyl groups is 1. The summed E-state index contributed by atoms with van der Waals surface area (Å²) in [6.07, 6.45) is 3.29. The zero-order valence-corrected chi connectivity index (χ0v) is 20.7. The molecule has 0 spiro atoms. The minimum absolute atomic E-state index is 0.208. The molecule has 3 aromatic rings. The van der Waals surface area contributed by atoms with Crippen molar-refractivity contribution in [1.29, 1.82) is 0 Å². The molecule has 1 amide bonds. The maximum absolute atomic E-state index is 12.4. The van der Waals surface area contributed by atoms with Crippen molar-refractivity contribution in [1.82, 2.24) is 29.7 Å². The Bertz CT molecular complexity index is 1230. The van der Waals surface area contributed by atoms with Crippen LogP contribution in [-0.2, 0) is 16.1 Å². The van der Waals surface area contributed by atoms with E-state index in [2.05, 4.69) is 38.0 Å². The fourth-order valence-electron chi connectivity index (χ4n) is 4.61. The highest BCUT2D eigenvalue weighted by Gasteiger charge is 2.31. The summed E-state index contributed by atoms with van der Waals surface area (Å²) in [7, 11) is 0. The van der Waals surface area contributed by atoms with E-state index < -0.39 is 5.60 Å². The van der Waals surface area contributed by atoms with E-state index in [0.29, 0.717) is 37.7 Å². The minimum atomic E-state index is -1.34. The van der Waals surface area contributed by atoms with Crippen LogP contribution in [0.5, 0.6) is 0 Å². The van der Waals surface area contributed by atoms with Crippen molar-refractivity contribution in [3.8, 4) is 11.4 Å². The van der Waals surface area contributed by atoms with E-state index in [4.69, 9.17) is 20.4 Å². The quantitative estimate of drug-likeness (QED) is 0.529. The predicted molar refractivity (Wildman–Crippen MR) is 136 cm³/mol. The summed E-state index contributed by atoms with van der Waals surface area (Å²) in [5, 5.41) is 11.0. The zero-order chi connectivity index (χ0) is 25.3. The smallest absolute Gasteiger partial charge is 0.254 e. The second kappa shape index (κ2) is 9.92. The first-order valence-electron chi connectivity index (χ1n) is 12.2. The fraction of sp³-hybridized carbons (Fsp3) is 0.480. The van der Waals surface area contributed by atoms with Crippen molar-refractivity contribution in [3.05, 3.63) is 36.2 Å². The number of fused-ring (bicyclic) bond motifs is 1. The number of nitrogens with zero attached hydrogens (tertiary/aromatic N) is 7. The first kappa shape index (κ1) is 24.3. The Kier molecular flexibility index (Phi) is 6.69. The van der Waals surface area contributed by atoms with Crippen LogP contribution < -0.4 is 10.6 Å². The van der Waals surface area contributed by atoms with Gasteiger partial charge < -0.3 is 25.4 Å². The topological polar surface area (TPSA) is 134 Å². The monoisotopic (exact) mass is 492 g/mol. The van der Waals surface area contributed by atoms with Gasteiger partial charge in [0, 0.05) is 63.6 Å². The molecule has 2 saturated heterocycles. The van der Waals surface area contributed by atoms with Crippen LogP contribution in [0, 0.1) is 0 Å².